The topological polar surface area (TPSA) is 88.5 Å². The van der Waals surface area contributed by atoms with Gasteiger partial charge in [0.15, 0.2) is 9.84 Å². The molecule has 0 aromatic heterocycles. The van der Waals surface area contributed by atoms with Crippen molar-refractivity contribution in [1.82, 2.24) is 0 Å². The van der Waals surface area contributed by atoms with Crippen molar-refractivity contribution in [2.45, 2.75) is 49.5 Å². The van der Waals surface area contributed by atoms with Gasteiger partial charge < -0.3 is 5.11 Å². The molecule has 28 heavy (non-hydrogen) atoms. The number of aliphatic hydroxyl groups excluding tert-OH is 1. The summed E-state index contributed by atoms with van der Waals surface area (Å²) in [6, 6.07) is 15.3. The molecule has 5 nitrogen and oxygen atoms in total. The molecule has 3 rings (SSSR count). The van der Waals surface area contributed by atoms with E-state index in [4.69, 9.17) is 8.42 Å². The fraction of sp³-hybridized carbons (Fsp3) is 0.429. The number of sulfone groups is 1. The van der Waals surface area contributed by atoms with E-state index in [9.17, 15) is 13.5 Å². The lowest BCUT2D eigenvalue weighted by atomic mass is 9.80. The van der Waals surface area contributed by atoms with Crippen LogP contribution in [0.3, 0.4) is 0 Å². The van der Waals surface area contributed by atoms with Crippen molar-refractivity contribution >= 4 is 21.4 Å². The van der Waals surface area contributed by atoms with Gasteiger partial charge in [0, 0.05) is 12.2 Å². The van der Waals surface area contributed by atoms with E-state index in [0.717, 1.165) is 24.0 Å². The van der Waals surface area contributed by atoms with E-state index in [2.05, 4.69) is 24.3 Å². The Morgan fingerprint density at radius 2 is 1.36 bits per heavy atom. The Morgan fingerprint density at radius 3 is 1.79 bits per heavy atom. The lowest BCUT2D eigenvalue weighted by Crippen LogP contribution is -2.27. The SMILES string of the molecule is Cc1ccc(C(c2ccc(S(C)(=O)=O)cc2)[C@@H](O)C2CCCC2)cc1.O=S=O. The second-order valence-electron chi connectivity index (χ2n) is 7.33. The zero-order valence-corrected chi connectivity index (χ0v) is 17.7. The summed E-state index contributed by atoms with van der Waals surface area (Å²) in [6.07, 6.45) is 5.24. The summed E-state index contributed by atoms with van der Waals surface area (Å²) in [5, 5.41) is 11.1. The highest BCUT2D eigenvalue weighted by atomic mass is 32.2. The van der Waals surface area contributed by atoms with Gasteiger partial charge in [0.1, 0.15) is 0 Å². The van der Waals surface area contributed by atoms with Crippen molar-refractivity contribution < 1.29 is 21.9 Å². The Labute approximate surface area is 170 Å². The molecule has 1 N–H and O–H groups in total. The first-order valence-electron chi connectivity index (χ1n) is 9.24. The van der Waals surface area contributed by atoms with Crippen molar-refractivity contribution in [3.63, 3.8) is 0 Å². The molecule has 1 fully saturated rings. The predicted molar refractivity (Wildman–Crippen MR) is 109 cm³/mol. The Kier molecular flexibility index (Phi) is 8.10. The molecule has 0 amide bonds. The molecule has 1 saturated carbocycles. The largest absolute Gasteiger partial charge is 0.392 e. The second kappa shape index (κ2) is 10.1. The van der Waals surface area contributed by atoms with Crippen LogP contribution >= 0.6 is 0 Å². The molecule has 152 valence electrons. The minimum atomic E-state index is -3.21. The van der Waals surface area contributed by atoms with Crippen LogP contribution in [0.1, 0.15) is 48.3 Å². The second-order valence-corrected chi connectivity index (χ2v) is 9.48. The predicted octanol–water partition coefficient (Wildman–Crippen LogP) is 3.41. The first-order chi connectivity index (χ1) is 13.3. The normalized spacial score (nSPS) is 16.7. The molecule has 0 radical (unpaired) electrons. The maximum atomic E-state index is 11.7. The van der Waals surface area contributed by atoms with Crippen LogP contribution in [-0.2, 0) is 21.4 Å². The van der Waals surface area contributed by atoms with E-state index in [0.29, 0.717) is 10.8 Å². The summed E-state index contributed by atoms with van der Waals surface area (Å²) < 4.78 is 40.0. The van der Waals surface area contributed by atoms with Gasteiger partial charge in [-0.05, 0) is 48.9 Å². The molecule has 1 aliphatic carbocycles. The van der Waals surface area contributed by atoms with Crippen molar-refractivity contribution in [2.24, 2.45) is 5.92 Å². The van der Waals surface area contributed by atoms with Gasteiger partial charge in [-0.2, -0.15) is 8.42 Å². The molecule has 0 bridgehead atoms. The smallest absolute Gasteiger partial charge is 0.335 e. The Balaban J connectivity index is 0.000000878. The third kappa shape index (κ3) is 5.83. The van der Waals surface area contributed by atoms with Gasteiger partial charge in [0.2, 0.25) is 0 Å². The molecule has 2 aromatic rings. The van der Waals surface area contributed by atoms with Crippen LogP contribution in [0.4, 0.5) is 0 Å². The van der Waals surface area contributed by atoms with Gasteiger partial charge in [-0.25, -0.2) is 8.42 Å². The van der Waals surface area contributed by atoms with Gasteiger partial charge in [-0.1, -0.05) is 54.8 Å². The maximum absolute atomic E-state index is 11.7. The fourth-order valence-electron chi connectivity index (χ4n) is 3.85. The average Bonchev–Trinajstić information content (AvgIpc) is 3.19. The van der Waals surface area contributed by atoms with Crippen molar-refractivity contribution in [3.8, 4) is 0 Å². The van der Waals surface area contributed by atoms with E-state index < -0.39 is 27.5 Å². The average molecular weight is 423 g/mol. The number of rotatable bonds is 5. The molecule has 0 spiro atoms. The van der Waals surface area contributed by atoms with Crippen molar-refractivity contribution in [3.05, 3.63) is 65.2 Å². The monoisotopic (exact) mass is 422 g/mol. The first-order valence-corrected chi connectivity index (χ1v) is 11.8. The summed E-state index contributed by atoms with van der Waals surface area (Å²) in [5.74, 6) is 0.179. The number of hydrogen-bond donors (Lipinski definition) is 1. The molecule has 0 heterocycles. The maximum Gasteiger partial charge on any atom is 0.335 e. The van der Waals surface area contributed by atoms with E-state index in [1.165, 1.54) is 24.7 Å². The van der Waals surface area contributed by atoms with E-state index in [1.807, 2.05) is 19.1 Å². The van der Waals surface area contributed by atoms with Gasteiger partial charge >= 0.3 is 11.6 Å². The van der Waals surface area contributed by atoms with Crippen LogP contribution in [0.5, 0.6) is 0 Å². The van der Waals surface area contributed by atoms with E-state index in [1.54, 1.807) is 12.1 Å². The number of benzene rings is 2. The highest BCUT2D eigenvalue weighted by molar-refractivity contribution is 7.90. The Hall–Kier alpha value is -1.83. The minimum Gasteiger partial charge on any atom is -0.392 e. The summed E-state index contributed by atoms with van der Waals surface area (Å²) in [7, 11) is -3.21. The molecule has 0 saturated heterocycles. The van der Waals surface area contributed by atoms with Gasteiger partial charge in [-0.3, -0.25) is 0 Å². The zero-order chi connectivity index (χ0) is 20.7. The number of aryl methyl sites for hydroxylation is 1. The molecule has 2 aromatic carbocycles. The lowest BCUT2D eigenvalue weighted by Gasteiger charge is -2.28. The minimum absolute atomic E-state index is 0.127. The van der Waals surface area contributed by atoms with Gasteiger partial charge in [0.25, 0.3) is 0 Å². The molecular weight excluding hydrogens is 396 g/mol. The molecule has 1 aliphatic rings. The molecule has 7 heteroatoms. The highest BCUT2D eigenvalue weighted by Gasteiger charge is 2.32. The third-order valence-corrected chi connectivity index (χ3v) is 6.46. The Bertz CT molecular complexity index is 893. The molecule has 1 unspecified atom stereocenters. The third-order valence-electron chi connectivity index (χ3n) is 5.33. The van der Waals surface area contributed by atoms with Crippen LogP contribution in [0, 0.1) is 12.8 Å². The van der Waals surface area contributed by atoms with Crippen LogP contribution in [0.2, 0.25) is 0 Å². The summed E-state index contributed by atoms with van der Waals surface area (Å²) in [5.41, 5.74) is 3.23. The van der Waals surface area contributed by atoms with Crippen LogP contribution in [0.15, 0.2) is 53.4 Å². The zero-order valence-electron chi connectivity index (χ0n) is 16.1. The highest BCUT2D eigenvalue weighted by Crippen LogP contribution is 2.38. The summed E-state index contributed by atoms with van der Waals surface area (Å²) >= 11 is -0.750. The summed E-state index contributed by atoms with van der Waals surface area (Å²) in [4.78, 5) is 0.314. The standard InChI is InChI=1S/C21H26O3S.O2S/c1-15-7-9-16(10-8-15)20(21(22)18-5-3-4-6-18)17-11-13-19(14-12-17)25(2,23)24;1-3-2/h7-14,18,20-22H,3-6H2,1-2H3;/t20?,21-;/m0./s1. The van der Waals surface area contributed by atoms with Crippen LogP contribution < -0.4 is 0 Å². The van der Waals surface area contributed by atoms with Crippen LogP contribution in [-0.4, -0.2) is 34.3 Å². The van der Waals surface area contributed by atoms with Crippen LogP contribution in [0.25, 0.3) is 0 Å². The molecular formula is C21H26O5S2. The quantitative estimate of drug-likeness (QED) is 0.798. The lowest BCUT2D eigenvalue weighted by molar-refractivity contribution is 0.0945. The molecule has 0 aliphatic heterocycles. The number of hydrogen-bond acceptors (Lipinski definition) is 5. The van der Waals surface area contributed by atoms with Crippen molar-refractivity contribution in [1.29, 1.82) is 0 Å². The van der Waals surface area contributed by atoms with E-state index in [-0.39, 0.29) is 5.92 Å². The van der Waals surface area contributed by atoms with E-state index >= 15 is 0 Å². The molecule has 2 atom stereocenters. The fourth-order valence-corrected chi connectivity index (χ4v) is 4.48. The van der Waals surface area contributed by atoms with Gasteiger partial charge in [-0.15, -0.1) is 0 Å². The first kappa shape index (κ1) is 22.5. The Morgan fingerprint density at radius 1 is 0.929 bits per heavy atom. The van der Waals surface area contributed by atoms with Crippen molar-refractivity contribution in [2.75, 3.05) is 6.26 Å². The number of aliphatic hydroxyl groups is 1. The summed E-state index contributed by atoms with van der Waals surface area (Å²) in [6.45, 7) is 2.05. The van der Waals surface area contributed by atoms with Gasteiger partial charge in [0.05, 0.1) is 11.0 Å².